The van der Waals surface area contributed by atoms with E-state index in [9.17, 15) is 0 Å². The Morgan fingerprint density at radius 1 is 1.10 bits per heavy atom. The van der Waals surface area contributed by atoms with Gasteiger partial charge in [0.2, 0.25) is 0 Å². The highest BCUT2D eigenvalue weighted by Gasteiger charge is 2.33. The maximum atomic E-state index is 5.27. The van der Waals surface area contributed by atoms with Gasteiger partial charge >= 0.3 is 0 Å². The summed E-state index contributed by atoms with van der Waals surface area (Å²) in [6, 6.07) is 0. The van der Waals surface area contributed by atoms with Gasteiger partial charge in [0.05, 0.1) is 6.61 Å². The van der Waals surface area contributed by atoms with Crippen LogP contribution in [0.4, 0.5) is 0 Å². The van der Waals surface area contributed by atoms with E-state index < -0.39 is 0 Å². The number of ether oxygens (including phenoxy) is 2. The first-order valence-electron chi connectivity index (χ1n) is 7.76. The third-order valence-corrected chi connectivity index (χ3v) is 4.02. The van der Waals surface area contributed by atoms with Gasteiger partial charge in [-0.05, 0) is 31.6 Å². The lowest BCUT2D eigenvalue weighted by Gasteiger charge is -2.27. The molecule has 21 heavy (non-hydrogen) atoms. The molecule has 1 rings (SSSR count). The largest absolute Gasteiger partial charge is 0.385 e. The summed E-state index contributed by atoms with van der Waals surface area (Å²) in [6.07, 6.45) is 6.32. The first kappa shape index (κ1) is 20.9. The number of hydrogen-bond donors (Lipinski definition) is 2. The Labute approximate surface area is 146 Å². The van der Waals surface area contributed by atoms with Crippen LogP contribution in [0.15, 0.2) is 4.99 Å². The van der Waals surface area contributed by atoms with Gasteiger partial charge in [-0.3, -0.25) is 4.99 Å². The molecular weight excluding hydrogens is 381 g/mol. The van der Waals surface area contributed by atoms with Gasteiger partial charge in [-0.25, -0.2) is 0 Å². The summed E-state index contributed by atoms with van der Waals surface area (Å²) >= 11 is 0. The number of halogens is 1. The van der Waals surface area contributed by atoms with Crippen molar-refractivity contribution in [3.8, 4) is 0 Å². The number of hydrogen-bond acceptors (Lipinski definition) is 3. The molecule has 6 heteroatoms. The fourth-order valence-electron chi connectivity index (χ4n) is 2.79. The smallest absolute Gasteiger partial charge is 0.191 e. The number of nitrogens with one attached hydrogen (secondary N) is 2. The molecule has 0 heterocycles. The van der Waals surface area contributed by atoms with E-state index in [4.69, 9.17) is 14.5 Å². The van der Waals surface area contributed by atoms with Crippen molar-refractivity contribution in [3.05, 3.63) is 0 Å². The standard InChI is InChI=1S/C15H31N3O2.HI/c1-4-16-14(17-10-12-20-3)18-13-15(9-11-19-2)7-5-6-8-15;/h4-13H2,1-3H3,(H2,16,17,18);1H. The zero-order valence-electron chi connectivity index (χ0n) is 13.7. The van der Waals surface area contributed by atoms with Crippen LogP contribution in [-0.4, -0.2) is 53.0 Å². The third-order valence-electron chi connectivity index (χ3n) is 4.02. The van der Waals surface area contributed by atoms with Crippen molar-refractivity contribution in [2.45, 2.75) is 39.0 Å². The van der Waals surface area contributed by atoms with E-state index in [1.54, 1.807) is 14.2 Å². The molecule has 0 aromatic heterocycles. The van der Waals surface area contributed by atoms with E-state index in [1.807, 2.05) is 0 Å². The maximum Gasteiger partial charge on any atom is 0.191 e. The zero-order valence-corrected chi connectivity index (χ0v) is 16.1. The highest BCUT2D eigenvalue weighted by atomic mass is 127. The lowest BCUT2D eigenvalue weighted by molar-refractivity contribution is 0.141. The van der Waals surface area contributed by atoms with Gasteiger partial charge < -0.3 is 20.1 Å². The molecule has 1 saturated carbocycles. The third kappa shape index (κ3) is 8.21. The van der Waals surface area contributed by atoms with Gasteiger partial charge in [0, 0.05) is 40.5 Å². The predicted molar refractivity (Wildman–Crippen MR) is 98.7 cm³/mol. The number of guanidine groups is 1. The molecule has 0 aromatic rings. The second-order valence-corrected chi connectivity index (χ2v) is 5.56. The Kier molecular flexibility index (Phi) is 12.4. The normalized spacial score (nSPS) is 17.4. The van der Waals surface area contributed by atoms with Gasteiger partial charge in [0.25, 0.3) is 0 Å². The molecule has 1 aliphatic rings. The van der Waals surface area contributed by atoms with Gasteiger partial charge in [-0.1, -0.05) is 12.8 Å². The molecule has 2 N–H and O–H groups in total. The van der Waals surface area contributed by atoms with Gasteiger partial charge in [-0.15, -0.1) is 24.0 Å². The Balaban J connectivity index is 0.00000400. The van der Waals surface area contributed by atoms with E-state index in [2.05, 4.69) is 17.6 Å². The topological polar surface area (TPSA) is 54.9 Å². The highest BCUT2D eigenvalue weighted by molar-refractivity contribution is 14.0. The summed E-state index contributed by atoms with van der Waals surface area (Å²) in [6.45, 7) is 6.17. The van der Waals surface area contributed by atoms with Gasteiger partial charge in [0.15, 0.2) is 5.96 Å². The monoisotopic (exact) mass is 413 g/mol. The Morgan fingerprint density at radius 3 is 2.33 bits per heavy atom. The quantitative estimate of drug-likeness (QED) is 0.264. The molecule has 0 saturated heterocycles. The minimum atomic E-state index is 0. The van der Waals surface area contributed by atoms with Crippen LogP contribution < -0.4 is 10.6 Å². The lowest BCUT2D eigenvalue weighted by Crippen LogP contribution is -2.40. The molecular formula is C15H32IN3O2. The van der Waals surface area contributed by atoms with Crippen LogP contribution in [0.3, 0.4) is 0 Å². The first-order chi connectivity index (χ1) is 9.76. The molecule has 0 radical (unpaired) electrons. The second-order valence-electron chi connectivity index (χ2n) is 5.56. The van der Waals surface area contributed by atoms with Crippen LogP contribution in [-0.2, 0) is 9.47 Å². The van der Waals surface area contributed by atoms with Crippen LogP contribution in [0, 0.1) is 5.41 Å². The maximum absolute atomic E-state index is 5.27. The van der Waals surface area contributed by atoms with Crippen molar-refractivity contribution in [2.24, 2.45) is 10.4 Å². The molecule has 0 bridgehead atoms. The average molecular weight is 413 g/mol. The van der Waals surface area contributed by atoms with E-state index in [1.165, 1.54) is 25.7 Å². The van der Waals surface area contributed by atoms with Gasteiger partial charge in [0.1, 0.15) is 0 Å². The number of methoxy groups -OCH3 is 2. The Bertz CT molecular complexity index is 282. The molecule has 126 valence electrons. The zero-order chi connectivity index (χ0) is 14.7. The van der Waals surface area contributed by atoms with Gasteiger partial charge in [-0.2, -0.15) is 0 Å². The van der Waals surface area contributed by atoms with Crippen LogP contribution in [0.25, 0.3) is 0 Å². The van der Waals surface area contributed by atoms with Crippen LogP contribution in [0.5, 0.6) is 0 Å². The van der Waals surface area contributed by atoms with Crippen molar-refractivity contribution < 1.29 is 9.47 Å². The minimum absolute atomic E-state index is 0. The van der Waals surface area contributed by atoms with Crippen molar-refractivity contribution >= 4 is 29.9 Å². The number of rotatable bonds is 9. The molecule has 0 aliphatic heterocycles. The summed E-state index contributed by atoms with van der Waals surface area (Å²) < 4.78 is 10.3. The summed E-state index contributed by atoms with van der Waals surface area (Å²) in [5, 5.41) is 6.59. The van der Waals surface area contributed by atoms with Crippen LogP contribution >= 0.6 is 24.0 Å². The molecule has 0 amide bonds. The number of nitrogens with zero attached hydrogens (tertiary/aromatic N) is 1. The average Bonchev–Trinajstić information content (AvgIpc) is 2.92. The molecule has 0 unspecified atom stereocenters. The fourth-order valence-corrected chi connectivity index (χ4v) is 2.79. The first-order valence-corrected chi connectivity index (χ1v) is 7.76. The van der Waals surface area contributed by atoms with Crippen molar-refractivity contribution in [2.75, 3.05) is 47.1 Å². The second kappa shape index (κ2) is 12.5. The fraction of sp³-hybridized carbons (Fsp3) is 0.933. The van der Waals surface area contributed by atoms with Crippen LogP contribution in [0.2, 0.25) is 0 Å². The Morgan fingerprint density at radius 2 is 1.76 bits per heavy atom. The summed E-state index contributed by atoms with van der Waals surface area (Å²) in [4.78, 5) is 4.78. The lowest BCUT2D eigenvalue weighted by atomic mass is 9.83. The van der Waals surface area contributed by atoms with E-state index in [0.717, 1.165) is 38.6 Å². The molecule has 5 nitrogen and oxygen atoms in total. The molecule has 1 fully saturated rings. The van der Waals surface area contributed by atoms with E-state index >= 15 is 0 Å². The van der Waals surface area contributed by atoms with E-state index in [-0.39, 0.29) is 24.0 Å². The summed E-state index contributed by atoms with van der Waals surface area (Å²) in [7, 11) is 3.49. The summed E-state index contributed by atoms with van der Waals surface area (Å²) in [5.74, 6) is 0.897. The van der Waals surface area contributed by atoms with E-state index in [0.29, 0.717) is 12.0 Å². The predicted octanol–water partition coefficient (Wildman–Crippen LogP) is 2.40. The van der Waals surface area contributed by atoms with Crippen LogP contribution in [0.1, 0.15) is 39.0 Å². The van der Waals surface area contributed by atoms with Crippen molar-refractivity contribution in [1.82, 2.24) is 10.6 Å². The minimum Gasteiger partial charge on any atom is -0.385 e. The number of aliphatic imine (C=N–C) groups is 1. The molecule has 0 atom stereocenters. The SMILES string of the molecule is CCNC(=NCC1(CCOC)CCCC1)NCCOC.I. The highest BCUT2D eigenvalue weighted by Crippen LogP contribution is 2.41. The molecule has 0 spiro atoms. The van der Waals surface area contributed by atoms with Crippen molar-refractivity contribution in [3.63, 3.8) is 0 Å². The molecule has 1 aliphatic carbocycles. The Hall–Kier alpha value is -0.0800. The molecule has 0 aromatic carbocycles. The summed E-state index contributed by atoms with van der Waals surface area (Å²) in [5.41, 5.74) is 0.347. The van der Waals surface area contributed by atoms with Crippen molar-refractivity contribution in [1.29, 1.82) is 0 Å².